The van der Waals surface area contributed by atoms with Crippen LogP contribution in [0.4, 0.5) is 5.82 Å². The molecule has 0 amide bonds. The largest absolute Gasteiger partial charge is 0.396 e. The van der Waals surface area contributed by atoms with Crippen molar-refractivity contribution in [1.29, 1.82) is 0 Å². The molecule has 0 aliphatic heterocycles. The first-order valence-corrected chi connectivity index (χ1v) is 4.13. The highest BCUT2D eigenvalue weighted by Crippen LogP contribution is 2.46. The number of aliphatic hydroxyl groups is 1. The third-order valence-corrected chi connectivity index (χ3v) is 2.39. The summed E-state index contributed by atoms with van der Waals surface area (Å²) in [7, 11) is 0. The zero-order chi connectivity index (χ0) is 8.55. The molecule has 0 unspecified atom stereocenters. The van der Waals surface area contributed by atoms with Gasteiger partial charge < -0.3 is 10.8 Å². The molecule has 12 heavy (non-hydrogen) atoms. The van der Waals surface area contributed by atoms with Gasteiger partial charge in [-0.1, -0.05) is 0 Å². The average molecular weight is 164 g/mol. The van der Waals surface area contributed by atoms with Crippen LogP contribution in [0.25, 0.3) is 0 Å². The molecular weight excluding hydrogens is 152 g/mol. The molecule has 1 saturated carbocycles. The molecule has 64 valence electrons. The van der Waals surface area contributed by atoms with Gasteiger partial charge in [-0.25, -0.2) is 4.98 Å². The predicted octanol–water partition coefficient (Wildman–Crippen LogP) is 0.760. The van der Waals surface area contributed by atoms with Gasteiger partial charge in [0.15, 0.2) is 0 Å². The van der Waals surface area contributed by atoms with E-state index in [1.54, 1.807) is 6.20 Å². The number of anilines is 1. The number of pyridine rings is 1. The third-order valence-electron chi connectivity index (χ3n) is 2.39. The van der Waals surface area contributed by atoms with Gasteiger partial charge in [0.2, 0.25) is 0 Å². The van der Waals surface area contributed by atoms with Crippen molar-refractivity contribution in [1.82, 2.24) is 4.98 Å². The monoisotopic (exact) mass is 164 g/mol. The van der Waals surface area contributed by atoms with Crippen LogP contribution in [0.15, 0.2) is 18.3 Å². The van der Waals surface area contributed by atoms with E-state index in [0.717, 1.165) is 6.42 Å². The molecule has 1 fully saturated rings. The molecule has 1 aromatic heterocycles. The molecule has 1 aliphatic rings. The molecule has 0 saturated heterocycles. The summed E-state index contributed by atoms with van der Waals surface area (Å²) in [5.74, 6) is 1.53. The number of nitrogens with two attached hydrogens (primary N) is 1. The Balaban J connectivity index is 2.14. The van der Waals surface area contributed by atoms with Crippen LogP contribution in [-0.2, 0) is 0 Å². The highest BCUT2D eigenvalue weighted by atomic mass is 16.3. The fourth-order valence-corrected chi connectivity index (χ4v) is 1.55. The van der Waals surface area contributed by atoms with E-state index in [-0.39, 0.29) is 6.61 Å². The topological polar surface area (TPSA) is 59.1 Å². The first-order valence-electron chi connectivity index (χ1n) is 4.13. The second-order valence-corrected chi connectivity index (χ2v) is 3.30. The van der Waals surface area contributed by atoms with E-state index in [2.05, 4.69) is 4.98 Å². The lowest BCUT2D eigenvalue weighted by Gasteiger charge is -1.98. The Morgan fingerprint density at radius 3 is 3.08 bits per heavy atom. The fraction of sp³-hybridized carbons (Fsp3) is 0.444. The average Bonchev–Trinajstić information content (AvgIpc) is 2.83. The number of nitrogens with zero attached hydrogens (tertiary/aromatic N) is 1. The van der Waals surface area contributed by atoms with Crippen LogP contribution in [0.5, 0.6) is 0 Å². The lowest BCUT2D eigenvalue weighted by atomic mass is 10.1. The molecule has 0 spiro atoms. The van der Waals surface area contributed by atoms with E-state index in [1.807, 2.05) is 12.1 Å². The van der Waals surface area contributed by atoms with Gasteiger partial charge in [-0.05, 0) is 36.0 Å². The molecule has 3 nitrogen and oxygen atoms in total. The van der Waals surface area contributed by atoms with Gasteiger partial charge in [0.05, 0.1) is 0 Å². The molecule has 3 heteroatoms. The molecule has 0 radical (unpaired) electrons. The number of nitrogen functional groups attached to an aromatic ring is 1. The van der Waals surface area contributed by atoms with Gasteiger partial charge >= 0.3 is 0 Å². The van der Waals surface area contributed by atoms with E-state index in [9.17, 15) is 0 Å². The summed E-state index contributed by atoms with van der Waals surface area (Å²) < 4.78 is 0. The van der Waals surface area contributed by atoms with Crippen molar-refractivity contribution in [3.63, 3.8) is 0 Å². The quantitative estimate of drug-likeness (QED) is 0.678. The predicted molar refractivity (Wildman–Crippen MR) is 46.6 cm³/mol. The molecular formula is C9H12N2O. The Kier molecular flexibility index (Phi) is 1.73. The van der Waals surface area contributed by atoms with Crippen molar-refractivity contribution >= 4 is 5.82 Å². The number of hydrogen-bond donors (Lipinski definition) is 2. The van der Waals surface area contributed by atoms with Gasteiger partial charge in [-0.3, -0.25) is 0 Å². The second-order valence-electron chi connectivity index (χ2n) is 3.30. The summed E-state index contributed by atoms with van der Waals surface area (Å²) in [5.41, 5.74) is 6.75. The number of hydrogen-bond acceptors (Lipinski definition) is 3. The lowest BCUT2D eigenvalue weighted by molar-refractivity contribution is 0.274. The second kappa shape index (κ2) is 2.75. The molecule has 1 heterocycles. The van der Waals surface area contributed by atoms with Crippen molar-refractivity contribution in [2.75, 3.05) is 12.3 Å². The van der Waals surface area contributed by atoms with Crippen LogP contribution >= 0.6 is 0 Å². The maximum absolute atomic E-state index is 8.86. The van der Waals surface area contributed by atoms with E-state index in [0.29, 0.717) is 17.7 Å². The highest BCUT2D eigenvalue weighted by Gasteiger charge is 2.37. The minimum Gasteiger partial charge on any atom is -0.396 e. The SMILES string of the molecule is Nc1cc([C@H]2C[C@@H]2CO)ccn1. The summed E-state index contributed by atoms with van der Waals surface area (Å²) in [6.45, 7) is 0.285. The van der Waals surface area contributed by atoms with Gasteiger partial charge in [-0.2, -0.15) is 0 Å². The molecule has 3 N–H and O–H groups in total. The zero-order valence-electron chi connectivity index (χ0n) is 6.77. The van der Waals surface area contributed by atoms with E-state index >= 15 is 0 Å². The summed E-state index contributed by atoms with van der Waals surface area (Å²) in [4.78, 5) is 3.92. The number of rotatable bonds is 2. The molecule has 0 aromatic carbocycles. The Morgan fingerprint density at radius 1 is 1.67 bits per heavy atom. The van der Waals surface area contributed by atoms with Crippen LogP contribution in [0.1, 0.15) is 17.9 Å². The van der Waals surface area contributed by atoms with Crippen LogP contribution < -0.4 is 5.73 Å². The normalized spacial score (nSPS) is 27.1. The summed E-state index contributed by atoms with van der Waals surface area (Å²) in [6.07, 6.45) is 2.80. The maximum Gasteiger partial charge on any atom is 0.123 e. The van der Waals surface area contributed by atoms with Crippen molar-refractivity contribution in [3.05, 3.63) is 23.9 Å². The Hall–Kier alpha value is -1.09. The Labute approximate surface area is 71.2 Å². The van der Waals surface area contributed by atoms with Crippen molar-refractivity contribution in [2.45, 2.75) is 12.3 Å². The van der Waals surface area contributed by atoms with Gasteiger partial charge in [-0.15, -0.1) is 0 Å². The first kappa shape index (κ1) is 7.55. The molecule has 1 aliphatic carbocycles. The summed E-state index contributed by atoms with van der Waals surface area (Å²) >= 11 is 0. The maximum atomic E-state index is 8.86. The van der Waals surface area contributed by atoms with Crippen LogP contribution in [0, 0.1) is 5.92 Å². The van der Waals surface area contributed by atoms with Crippen LogP contribution in [0.3, 0.4) is 0 Å². The highest BCUT2D eigenvalue weighted by molar-refractivity contribution is 5.36. The standard InChI is InChI=1S/C9H12N2O/c10-9-4-6(1-2-11-9)8-3-7(8)5-12/h1-2,4,7-8,12H,3,5H2,(H2,10,11)/t7-,8-/m1/s1. The van der Waals surface area contributed by atoms with E-state index < -0.39 is 0 Å². The lowest BCUT2D eigenvalue weighted by Crippen LogP contribution is -1.93. The minimum atomic E-state index is 0.285. The van der Waals surface area contributed by atoms with Crippen molar-refractivity contribution in [3.8, 4) is 0 Å². The summed E-state index contributed by atoms with van der Waals surface area (Å²) in [6, 6.07) is 3.86. The number of aromatic nitrogens is 1. The van der Waals surface area contributed by atoms with E-state index in [4.69, 9.17) is 10.8 Å². The molecule has 0 bridgehead atoms. The van der Waals surface area contributed by atoms with Crippen LogP contribution in [-0.4, -0.2) is 16.7 Å². The zero-order valence-corrected chi connectivity index (χ0v) is 6.77. The van der Waals surface area contributed by atoms with Gasteiger partial charge in [0, 0.05) is 12.8 Å². The molecule has 1 aromatic rings. The first-order chi connectivity index (χ1) is 5.81. The third kappa shape index (κ3) is 1.28. The van der Waals surface area contributed by atoms with E-state index in [1.165, 1.54) is 5.56 Å². The van der Waals surface area contributed by atoms with Crippen molar-refractivity contribution < 1.29 is 5.11 Å². The van der Waals surface area contributed by atoms with Gasteiger partial charge in [0.25, 0.3) is 0 Å². The Bertz CT molecular complexity index is 288. The van der Waals surface area contributed by atoms with Gasteiger partial charge in [0.1, 0.15) is 5.82 Å². The molecule has 2 atom stereocenters. The van der Waals surface area contributed by atoms with Crippen LogP contribution in [0.2, 0.25) is 0 Å². The minimum absolute atomic E-state index is 0.285. The number of aliphatic hydroxyl groups excluding tert-OH is 1. The Morgan fingerprint density at radius 2 is 2.50 bits per heavy atom. The molecule has 2 rings (SSSR count). The van der Waals surface area contributed by atoms with Crippen molar-refractivity contribution in [2.24, 2.45) is 5.92 Å². The smallest absolute Gasteiger partial charge is 0.123 e. The summed E-state index contributed by atoms with van der Waals surface area (Å²) in [5, 5.41) is 8.86. The fourth-order valence-electron chi connectivity index (χ4n) is 1.55.